The van der Waals surface area contributed by atoms with Gasteiger partial charge in [0.2, 0.25) is 0 Å². The van der Waals surface area contributed by atoms with E-state index >= 15 is 0 Å². The summed E-state index contributed by atoms with van der Waals surface area (Å²) in [6.45, 7) is 7.39. The molecule has 0 rings (SSSR count). The van der Waals surface area contributed by atoms with Crippen molar-refractivity contribution in [3.05, 3.63) is 0 Å². The molecule has 24 heavy (non-hydrogen) atoms. The fourth-order valence-electron chi connectivity index (χ4n) is 2.53. The van der Waals surface area contributed by atoms with E-state index in [0.717, 1.165) is 19.4 Å². The van der Waals surface area contributed by atoms with Gasteiger partial charge in [0, 0.05) is 13.0 Å². The highest BCUT2D eigenvalue weighted by atomic mass is 16.4. The van der Waals surface area contributed by atoms with Crippen molar-refractivity contribution < 1.29 is 9.90 Å². The van der Waals surface area contributed by atoms with E-state index in [1.165, 1.54) is 70.6 Å². The summed E-state index contributed by atoms with van der Waals surface area (Å²) in [6.07, 6.45) is 17.3. The number of carboxylic acids is 1. The lowest BCUT2D eigenvalue weighted by Crippen LogP contribution is -2.26. The molecule has 4 nitrogen and oxygen atoms in total. The lowest BCUT2D eigenvalue weighted by atomic mass is 10.0. The predicted octanol–water partition coefficient (Wildman–Crippen LogP) is 5.66. The van der Waals surface area contributed by atoms with Crippen molar-refractivity contribution in [1.82, 2.24) is 5.43 Å². The molecule has 0 saturated carbocycles. The normalized spacial score (nSPS) is 10.5. The van der Waals surface area contributed by atoms with E-state index in [-0.39, 0.29) is 0 Å². The molecule has 0 amide bonds. The average Bonchev–Trinajstić information content (AvgIpc) is 2.52. The largest absolute Gasteiger partial charge is 0.481 e. The lowest BCUT2D eigenvalue weighted by Gasteiger charge is -2.02. The lowest BCUT2D eigenvalue weighted by molar-refractivity contribution is -0.137. The molecule has 0 radical (unpaired) electrons. The maximum absolute atomic E-state index is 10.3. The Hall–Kier alpha value is -0.610. The highest BCUT2D eigenvalue weighted by molar-refractivity contribution is 5.66. The number of nitrogens with one attached hydrogen (secondary N) is 1. The number of aliphatic carboxylic acids is 1. The number of hydrazine groups is 1. The smallest absolute Gasteiger partial charge is 0.303 e. The molecule has 0 saturated heterocycles. The van der Waals surface area contributed by atoms with Crippen LogP contribution in [0.15, 0.2) is 0 Å². The van der Waals surface area contributed by atoms with Crippen molar-refractivity contribution >= 4 is 5.97 Å². The average molecular weight is 345 g/mol. The third-order valence-electron chi connectivity index (χ3n) is 4.02. The second-order valence-corrected chi connectivity index (χ2v) is 7.19. The van der Waals surface area contributed by atoms with Gasteiger partial charge in [-0.15, -0.1) is 0 Å². The summed E-state index contributed by atoms with van der Waals surface area (Å²) in [5.74, 6) is 4.99. The van der Waals surface area contributed by atoms with Crippen LogP contribution in [-0.4, -0.2) is 17.6 Å². The Balaban J connectivity index is 0. The van der Waals surface area contributed by atoms with E-state index < -0.39 is 5.97 Å². The Labute approximate surface area is 150 Å². The summed E-state index contributed by atoms with van der Waals surface area (Å²) in [5, 5.41) is 8.49. The van der Waals surface area contributed by atoms with Gasteiger partial charge < -0.3 is 5.11 Å². The highest BCUT2D eigenvalue weighted by Crippen LogP contribution is 2.12. The third kappa shape index (κ3) is 29.4. The molecule has 146 valence electrons. The quantitative estimate of drug-likeness (QED) is 0.192. The molecule has 0 aromatic carbocycles. The molecular weight excluding hydrogens is 300 g/mol. The Bertz CT molecular complexity index is 246. The van der Waals surface area contributed by atoms with Gasteiger partial charge >= 0.3 is 5.97 Å². The Morgan fingerprint density at radius 1 is 0.833 bits per heavy atom. The Morgan fingerprint density at radius 2 is 1.21 bits per heavy atom. The Kier molecular flexibility index (Phi) is 23.9. The minimum atomic E-state index is -0.655. The second kappa shape index (κ2) is 22.4. The van der Waals surface area contributed by atoms with Crippen molar-refractivity contribution in [3.63, 3.8) is 0 Å². The maximum Gasteiger partial charge on any atom is 0.303 e. The molecule has 0 aliphatic carbocycles. The van der Waals surface area contributed by atoms with Gasteiger partial charge in [-0.1, -0.05) is 97.8 Å². The Morgan fingerprint density at radius 3 is 1.46 bits per heavy atom. The zero-order chi connectivity index (χ0) is 18.5. The number of hydrogen-bond donors (Lipinski definition) is 3. The van der Waals surface area contributed by atoms with Crippen molar-refractivity contribution in [2.45, 2.75) is 111 Å². The van der Waals surface area contributed by atoms with Crippen LogP contribution in [0.3, 0.4) is 0 Å². The molecule has 0 bridgehead atoms. The molecular formula is C20H44N2O2. The number of carboxylic acid groups (broad SMARTS) is 1. The highest BCUT2D eigenvalue weighted by Gasteiger charge is 1.96. The van der Waals surface area contributed by atoms with E-state index in [1.54, 1.807) is 0 Å². The van der Waals surface area contributed by atoms with Crippen LogP contribution in [0.4, 0.5) is 0 Å². The number of nitrogens with two attached hydrogens (primary N) is 1. The minimum absolute atomic E-state index is 0.345. The topological polar surface area (TPSA) is 75.3 Å². The van der Waals surface area contributed by atoms with Crippen LogP contribution in [0.1, 0.15) is 111 Å². The first-order valence-electron chi connectivity index (χ1n) is 10.2. The van der Waals surface area contributed by atoms with Crippen LogP contribution < -0.4 is 11.3 Å². The second-order valence-electron chi connectivity index (χ2n) is 7.19. The van der Waals surface area contributed by atoms with E-state index in [9.17, 15) is 4.79 Å². The zero-order valence-corrected chi connectivity index (χ0v) is 16.6. The molecule has 0 aromatic rings. The van der Waals surface area contributed by atoms with Crippen LogP contribution in [0.2, 0.25) is 0 Å². The van der Waals surface area contributed by atoms with Gasteiger partial charge in [0.1, 0.15) is 0 Å². The van der Waals surface area contributed by atoms with Crippen molar-refractivity contribution in [3.8, 4) is 0 Å². The summed E-state index contributed by atoms with van der Waals surface area (Å²) >= 11 is 0. The van der Waals surface area contributed by atoms with Gasteiger partial charge in [0.25, 0.3) is 0 Å². The molecule has 0 spiro atoms. The molecule has 0 heterocycles. The number of unbranched alkanes of at least 4 members (excludes halogenated alkanes) is 12. The first kappa shape index (κ1) is 25.6. The van der Waals surface area contributed by atoms with Gasteiger partial charge in [0.15, 0.2) is 0 Å². The van der Waals surface area contributed by atoms with Gasteiger partial charge in [-0.25, -0.2) is 0 Å². The number of carbonyl (C=O) groups is 1. The fourth-order valence-corrected chi connectivity index (χ4v) is 2.53. The molecule has 0 unspecified atom stereocenters. The molecule has 0 aromatic heterocycles. The number of hydrogen-bond acceptors (Lipinski definition) is 3. The first-order chi connectivity index (χ1) is 11.5. The summed E-state index contributed by atoms with van der Waals surface area (Å²) in [4.78, 5) is 10.3. The molecule has 4 N–H and O–H groups in total. The van der Waals surface area contributed by atoms with Gasteiger partial charge in [0.05, 0.1) is 0 Å². The molecule has 0 aliphatic heterocycles. The first-order valence-corrected chi connectivity index (χ1v) is 10.2. The van der Waals surface area contributed by atoms with E-state index in [1.807, 2.05) is 0 Å². The molecule has 0 atom stereocenters. The van der Waals surface area contributed by atoms with E-state index in [2.05, 4.69) is 26.2 Å². The summed E-state index contributed by atoms with van der Waals surface area (Å²) in [7, 11) is 0. The standard InChI is InChI=1S/C16H32O2.C4H12N2/c1-2-3-4-5-6-7-8-9-10-11-12-13-14-15-16(17)18;1-4(2)3-6-5/h2-15H2,1H3,(H,17,18);4,6H,3,5H2,1-2H3. The summed E-state index contributed by atoms with van der Waals surface area (Å²) < 4.78 is 0. The molecule has 0 aliphatic rings. The van der Waals surface area contributed by atoms with Crippen molar-refractivity contribution in [2.24, 2.45) is 11.8 Å². The SMILES string of the molecule is CC(C)CNN.CCCCCCCCCCCCCCCC(=O)O. The van der Waals surface area contributed by atoms with Gasteiger partial charge in [-0.2, -0.15) is 0 Å². The van der Waals surface area contributed by atoms with Crippen molar-refractivity contribution in [2.75, 3.05) is 6.54 Å². The monoisotopic (exact) mass is 344 g/mol. The summed E-state index contributed by atoms with van der Waals surface area (Å²) in [6, 6.07) is 0. The minimum Gasteiger partial charge on any atom is -0.481 e. The van der Waals surface area contributed by atoms with Crippen LogP contribution >= 0.6 is 0 Å². The molecule has 4 heteroatoms. The van der Waals surface area contributed by atoms with E-state index in [4.69, 9.17) is 10.9 Å². The van der Waals surface area contributed by atoms with Crippen LogP contribution in [0.5, 0.6) is 0 Å². The van der Waals surface area contributed by atoms with Crippen molar-refractivity contribution in [1.29, 1.82) is 0 Å². The van der Waals surface area contributed by atoms with Gasteiger partial charge in [-0.05, 0) is 12.3 Å². The van der Waals surface area contributed by atoms with Crippen LogP contribution in [0.25, 0.3) is 0 Å². The number of rotatable bonds is 16. The summed E-state index contributed by atoms with van der Waals surface area (Å²) in [5.41, 5.74) is 2.57. The van der Waals surface area contributed by atoms with E-state index in [0.29, 0.717) is 12.3 Å². The molecule has 0 fully saturated rings. The third-order valence-corrected chi connectivity index (χ3v) is 4.02. The zero-order valence-electron chi connectivity index (χ0n) is 16.6. The van der Waals surface area contributed by atoms with Crippen LogP contribution in [-0.2, 0) is 4.79 Å². The fraction of sp³-hybridized carbons (Fsp3) is 0.950. The maximum atomic E-state index is 10.3. The van der Waals surface area contributed by atoms with Crippen LogP contribution in [0, 0.1) is 5.92 Å². The predicted molar refractivity (Wildman–Crippen MR) is 105 cm³/mol. The van der Waals surface area contributed by atoms with Gasteiger partial charge in [-0.3, -0.25) is 16.1 Å².